The lowest BCUT2D eigenvalue weighted by Gasteiger charge is -2.36. The molecular formula is C38H35N5O4. The fourth-order valence-electron chi connectivity index (χ4n) is 6.51. The first-order valence-electron chi connectivity index (χ1n) is 15.8. The van der Waals surface area contributed by atoms with E-state index in [2.05, 4.69) is 20.8 Å². The number of aromatic nitrogens is 2. The Bertz CT molecular complexity index is 2150. The van der Waals surface area contributed by atoms with Gasteiger partial charge in [-0.2, -0.15) is 0 Å². The molecule has 0 radical (unpaired) electrons. The van der Waals surface area contributed by atoms with Gasteiger partial charge in [-0.25, -0.2) is 0 Å². The maximum atomic E-state index is 14.1. The van der Waals surface area contributed by atoms with Crippen LogP contribution < -0.4 is 15.6 Å². The van der Waals surface area contributed by atoms with Gasteiger partial charge in [0.2, 0.25) is 0 Å². The Morgan fingerprint density at radius 3 is 2.49 bits per heavy atom. The molecule has 4 aromatic carbocycles. The molecule has 4 N–H and O–H groups in total. The maximum Gasteiger partial charge on any atom is 0.286 e. The molecule has 9 nitrogen and oxygen atoms in total. The number of aromatic amines is 2. The van der Waals surface area contributed by atoms with Crippen LogP contribution in [0.2, 0.25) is 0 Å². The Hall–Kier alpha value is -5.83. The van der Waals surface area contributed by atoms with Crippen LogP contribution in [0.25, 0.3) is 21.8 Å². The molecule has 9 heteroatoms. The second kappa shape index (κ2) is 12.2. The third kappa shape index (κ3) is 5.50. The number of rotatable bonds is 8. The molecule has 3 unspecified atom stereocenters. The van der Waals surface area contributed by atoms with Crippen LogP contribution in [0.3, 0.4) is 0 Å². The van der Waals surface area contributed by atoms with Gasteiger partial charge in [-0.15, -0.1) is 0 Å². The SMILES string of the molecule is CCC(C)C(C(=O)NNC(=O)c1cc2cc(Oc3cccc(C)c3)ccc2[nH]1)N1C(=O)c2ccccc2C1c1c[nH]c2ccccc12. The normalized spacial score (nSPS) is 15.4. The lowest BCUT2D eigenvalue weighted by molar-refractivity contribution is -0.128. The van der Waals surface area contributed by atoms with E-state index in [1.807, 2.05) is 112 Å². The van der Waals surface area contributed by atoms with E-state index >= 15 is 0 Å². The number of fused-ring (bicyclic) bond motifs is 3. The monoisotopic (exact) mass is 625 g/mol. The van der Waals surface area contributed by atoms with Gasteiger partial charge in [0.1, 0.15) is 23.2 Å². The lowest BCUT2D eigenvalue weighted by atomic mass is 9.93. The summed E-state index contributed by atoms with van der Waals surface area (Å²) in [5, 5.41) is 1.76. The van der Waals surface area contributed by atoms with Crippen LogP contribution in [0, 0.1) is 12.8 Å². The molecule has 0 saturated carbocycles. The number of H-pyrrole nitrogens is 2. The number of hydrazine groups is 1. The van der Waals surface area contributed by atoms with Gasteiger partial charge in [0.05, 0.1) is 6.04 Å². The van der Waals surface area contributed by atoms with Crippen LogP contribution in [0.4, 0.5) is 0 Å². The van der Waals surface area contributed by atoms with Crippen molar-refractivity contribution in [3.63, 3.8) is 0 Å². The summed E-state index contributed by atoms with van der Waals surface area (Å²) in [4.78, 5) is 49.5. The van der Waals surface area contributed by atoms with Gasteiger partial charge in [-0.3, -0.25) is 25.2 Å². The van der Waals surface area contributed by atoms with Crippen molar-refractivity contribution in [2.24, 2.45) is 5.92 Å². The van der Waals surface area contributed by atoms with E-state index in [1.165, 1.54) is 0 Å². The molecular weight excluding hydrogens is 590 g/mol. The van der Waals surface area contributed by atoms with E-state index in [9.17, 15) is 14.4 Å². The van der Waals surface area contributed by atoms with E-state index in [0.29, 0.717) is 17.7 Å². The van der Waals surface area contributed by atoms with Crippen molar-refractivity contribution >= 4 is 39.5 Å². The highest BCUT2D eigenvalue weighted by molar-refractivity contribution is 6.04. The Kier molecular flexibility index (Phi) is 7.73. The van der Waals surface area contributed by atoms with Crippen molar-refractivity contribution in [3.8, 4) is 11.5 Å². The fourth-order valence-corrected chi connectivity index (χ4v) is 6.51. The van der Waals surface area contributed by atoms with Gasteiger partial charge in [-0.1, -0.05) is 68.8 Å². The molecule has 0 aliphatic carbocycles. The number of benzene rings is 4. The first kappa shape index (κ1) is 29.9. The first-order valence-corrected chi connectivity index (χ1v) is 15.8. The molecule has 0 bridgehead atoms. The minimum absolute atomic E-state index is 0.210. The Labute approximate surface area is 271 Å². The van der Waals surface area contributed by atoms with Crippen LogP contribution in [-0.4, -0.2) is 38.6 Å². The van der Waals surface area contributed by atoms with Crippen molar-refractivity contribution < 1.29 is 19.1 Å². The molecule has 6 aromatic rings. The Balaban J connectivity index is 1.13. The molecule has 1 aliphatic heterocycles. The molecule has 47 heavy (non-hydrogen) atoms. The number of aryl methyl sites for hydroxylation is 1. The molecule has 7 rings (SSSR count). The minimum Gasteiger partial charge on any atom is -0.457 e. The zero-order valence-electron chi connectivity index (χ0n) is 26.3. The third-order valence-corrected chi connectivity index (χ3v) is 9.03. The highest BCUT2D eigenvalue weighted by Crippen LogP contribution is 2.43. The van der Waals surface area contributed by atoms with Crippen molar-refractivity contribution in [1.82, 2.24) is 25.7 Å². The summed E-state index contributed by atoms with van der Waals surface area (Å²) in [6.45, 7) is 5.93. The zero-order chi connectivity index (χ0) is 32.7. The number of hydrogen-bond donors (Lipinski definition) is 4. The Morgan fingerprint density at radius 2 is 1.66 bits per heavy atom. The Morgan fingerprint density at radius 1 is 0.872 bits per heavy atom. The molecule has 0 saturated heterocycles. The van der Waals surface area contributed by atoms with Crippen LogP contribution in [0.5, 0.6) is 11.5 Å². The molecule has 1 aliphatic rings. The van der Waals surface area contributed by atoms with Crippen molar-refractivity contribution in [3.05, 3.63) is 131 Å². The smallest absolute Gasteiger partial charge is 0.286 e. The van der Waals surface area contributed by atoms with E-state index in [1.54, 1.807) is 17.0 Å². The number of carbonyl (C=O) groups excluding carboxylic acids is 3. The van der Waals surface area contributed by atoms with Gasteiger partial charge in [0.25, 0.3) is 17.7 Å². The predicted molar refractivity (Wildman–Crippen MR) is 181 cm³/mol. The molecule has 3 amide bonds. The number of carbonyl (C=O) groups is 3. The number of para-hydroxylation sites is 1. The van der Waals surface area contributed by atoms with Gasteiger partial charge >= 0.3 is 0 Å². The van der Waals surface area contributed by atoms with Gasteiger partial charge in [0, 0.05) is 39.1 Å². The summed E-state index contributed by atoms with van der Waals surface area (Å²) >= 11 is 0. The highest BCUT2D eigenvalue weighted by Gasteiger charge is 2.46. The van der Waals surface area contributed by atoms with Crippen LogP contribution in [0.1, 0.15) is 63.8 Å². The van der Waals surface area contributed by atoms with Crippen LogP contribution in [0.15, 0.2) is 103 Å². The minimum atomic E-state index is -0.858. The summed E-state index contributed by atoms with van der Waals surface area (Å²) < 4.78 is 6.01. The van der Waals surface area contributed by atoms with Crippen molar-refractivity contribution in [2.75, 3.05) is 0 Å². The molecule has 3 atom stereocenters. The maximum absolute atomic E-state index is 14.1. The zero-order valence-corrected chi connectivity index (χ0v) is 26.3. The lowest BCUT2D eigenvalue weighted by Crippen LogP contribution is -2.55. The fraction of sp³-hybridized carbons (Fsp3) is 0.184. The number of amides is 3. The summed E-state index contributed by atoms with van der Waals surface area (Å²) in [5.74, 6) is -0.0473. The highest BCUT2D eigenvalue weighted by atomic mass is 16.5. The quantitative estimate of drug-likeness (QED) is 0.134. The number of ether oxygens (including phenoxy) is 1. The third-order valence-electron chi connectivity index (χ3n) is 9.03. The molecule has 0 spiro atoms. The largest absolute Gasteiger partial charge is 0.457 e. The van der Waals surface area contributed by atoms with E-state index in [-0.39, 0.29) is 17.5 Å². The standard InChI is InChI=1S/C38H35N5O4/c1-4-23(3)34(43-35(28-13-5-6-14-29(28)38(43)46)30-21-39-32-15-8-7-12-27(30)32)37(45)42-41-36(44)33-20-24-19-26(16-17-31(24)40-33)47-25-11-9-10-22(2)18-25/h5-21,23,34-35,39-40H,4H2,1-3H3,(H,41,44)(H,42,45). The average molecular weight is 626 g/mol. The summed E-state index contributed by atoms with van der Waals surface area (Å²) in [6, 6.07) is 29.1. The first-order chi connectivity index (χ1) is 22.8. The average Bonchev–Trinajstić information content (AvgIpc) is 3.78. The van der Waals surface area contributed by atoms with Crippen molar-refractivity contribution in [1.29, 1.82) is 0 Å². The second-order valence-electron chi connectivity index (χ2n) is 12.1. The summed E-state index contributed by atoms with van der Waals surface area (Å²) in [5.41, 5.74) is 10.6. The molecule has 236 valence electrons. The van der Waals surface area contributed by atoms with Gasteiger partial charge in [-0.05, 0) is 72.5 Å². The van der Waals surface area contributed by atoms with E-state index < -0.39 is 23.9 Å². The van der Waals surface area contributed by atoms with Gasteiger partial charge in [0.15, 0.2) is 0 Å². The summed E-state index contributed by atoms with van der Waals surface area (Å²) in [7, 11) is 0. The van der Waals surface area contributed by atoms with E-state index in [0.717, 1.165) is 44.2 Å². The number of nitrogens with zero attached hydrogens (tertiary/aromatic N) is 1. The topological polar surface area (TPSA) is 119 Å². The van der Waals surface area contributed by atoms with Crippen LogP contribution >= 0.6 is 0 Å². The second-order valence-corrected chi connectivity index (χ2v) is 12.1. The summed E-state index contributed by atoms with van der Waals surface area (Å²) in [6.07, 6.45) is 2.56. The van der Waals surface area contributed by atoms with E-state index in [4.69, 9.17) is 4.74 Å². The number of hydrogen-bond acceptors (Lipinski definition) is 4. The van der Waals surface area contributed by atoms with Crippen LogP contribution in [-0.2, 0) is 4.79 Å². The number of nitrogens with one attached hydrogen (secondary N) is 4. The van der Waals surface area contributed by atoms with Crippen molar-refractivity contribution in [2.45, 2.75) is 39.3 Å². The molecule has 2 aromatic heterocycles. The van der Waals surface area contributed by atoms with Gasteiger partial charge < -0.3 is 19.6 Å². The molecule has 3 heterocycles. The predicted octanol–water partition coefficient (Wildman–Crippen LogP) is 7.17. The molecule has 0 fully saturated rings.